The molecular weight excluding hydrogens is 105 g/mol. The van der Waals surface area contributed by atoms with E-state index < -0.39 is 6.17 Å². The predicted octanol–water partition coefficient (Wildman–Crippen LogP) is 1.08. The van der Waals surface area contributed by atoms with Crippen LogP contribution in [0.25, 0.3) is 0 Å². The fourth-order valence-corrected chi connectivity index (χ4v) is 1.13. The SMILES string of the molecule is NCCC1CC(F)C1. The number of halogens is 1. The van der Waals surface area contributed by atoms with Crippen molar-refractivity contribution < 1.29 is 4.39 Å². The average molecular weight is 117 g/mol. The Bertz CT molecular complexity index is 66.2. The number of hydrogen-bond acceptors (Lipinski definition) is 1. The first-order valence-electron chi connectivity index (χ1n) is 3.17. The van der Waals surface area contributed by atoms with E-state index in [-0.39, 0.29) is 0 Å². The van der Waals surface area contributed by atoms with Crippen molar-refractivity contribution in [2.24, 2.45) is 11.7 Å². The fraction of sp³-hybridized carbons (Fsp3) is 1.00. The van der Waals surface area contributed by atoms with Gasteiger partial charge in [-0.3, -0.25) is 0 Å². The lowest BCUT2D eigenvalue weighted by Crippen LogP contribution is -2.26. The lowest BCUT2D eigenvalue weighted by Gasteiger charge is -2.28. The van der Waals surface area contributed by atoms with Gasteiger partial charge in [0.1, 0.15) is 6.17 Å². The van der Waals surface area contributed by atoms with Crippen LogP contribution in [-0.2, 0) is 0 Å². The van der Waals surface area contributed by atoms with Gasteiger partial charge in [-0.05, 0) is 31.7 Å². The third kappa shape index (κ3) is 1.19. The third-order valence-corrected chi connectivity index (χ3v) is 1.75. The largest absolute Gasteiger partial charge is 0.330 e. The summed E-state index contributed by atoms with van der Waals surface area (Å²) in [6.07, 6.45) is 2.03. The highest BCUT2D eigenvalue weighted by Crippen LogP contribution is 2.31. The Hall–Kier alpha value is -0.110. The first-order chi connectivity index (χ1) is 3.83. The second kappa shape index (κ2) is 2.44. The molecule has 1 fully saturated rings. The highest BCUT2D eigenvalue weighted by molar-refractivity contribution is 4.78. The second-order valence-electron chi connectivity index (χ2n) is 2.51. The van der Waals surface area contributed by atoms with E-state index >= 15 is 0 Å². The lowest BCUT2D eigenvalue weighted by atomic mass is 9.81. The van der Waals surface area contributed by atoms with E-state index in [1.807, 2.05) is 0 Å². The summed E-state index contributed by atoms with van der Waals surface area (Å²) in [6, 6.07) is 0. The van der Waals surface area contributed by atoms with Gasteiger partial charge in [-0.15, -0.1) is 0 Å². The van der Waals surface area contributed by atoms with Crippen molar-refractivity contribution in [2.75, 3.05) is 6.54 Å². The summed E-state index contributed by atoms with van der Waals surface area (Å²) < 4.78 is 12.0. The smallest absolute Gasteiger partial charge is 0.101 e. The van der Waals surface area contributed by atoms with E-state index in [4.69, 9.17) is 5.73 Å². The lowest BCUT2D eigenvalue weighted by molar-refractivity contribution is 0.126. The molecule has 0 spiro atoms. The molecule has 0 aromatic heterocycles. The first kappa shape index (κ1) is 6.02. The van der Waals surface area contributed by atoms with Gasteiger partial charge >= 0.3 is 0 Å². The van der Waals surface area contributed by atoms with Gasteiger partial charge in [0.2, 0.25) is 0 Å². The molecule has 0 aromatic carbocycles. The van der Waals surface area contributed by atoms with Crippen LogP contribution in [0, 0.1) is 5.92 Å². The van der Waals surface area contributed by atoms with Crippen molar-refractivity contribution in [3.63, 3.8) is 0 Å². The second-order valence-corrected chi connectivity index (χ2v) is 2.51. The van der Waals surface area contributed by atoms with E-state index in [9.17, 15) is 4.39 Å². The molecule has 1 saturated carbocycles. The normalized spacial score (nSPS) is 36.8. The summed E-state index contributed by atoms with van der Waals surface area (Å²) in [4.78, 5) is 0. The summed E-state index contributed by atoms with van der Waals surface area (Å²) in [6.45, 7) is 0.720. The minimum Gasteiger partial charge on any atom is -0.330 e. The van der Waals surface area contributed by atoms with Crippen LogP contribution in [0.3, 0.4) is 0 Å². The zero-order chi connectivity index (χ0) is 5.98. The molecule has 0 radical (unpaired) electrons. The maximum atomic E-state index is 12.0. The maximum Gasteiger partial charge on any atom is 0.101 e. The Labute approximate surface area is 49.1 Å². The van der Waals surface area contributed by atoms with Crippen LogP contribution >= 0.6 is 0 Å². The molecule has 0 bridgehead atoms. The molecule has 2 heteroatoms. The number of rotatable bonds is 2. The van der Waals surface area contributed by atoms with E-state index in [1.165, 1.54) is 0 Å². The molecule has 0 unspecified atom stereocenters. The Morgan fingerprint density at radius 2 is 2.12 bits per heavy atom. The van der Waals surface area contributed by atoms with Gasteiger partial charge in [0.25, 0.3) is 0 Å². The zero-order valence-corrected chi connectivity index (χ0v) is 4.94. The van der Waals surface area contributed by atoms with Gasteiger partial charge in [-0.25, -0.2) is 4.39 Å². The summed E-state index contributed by atoms with van der Waals surface area (Å²) in [7, 11) is 0. The van der Waals surface area contributed by atoms with Gasteiger partial charge in [0.05, 0.1) is 0 Å². The zero-order valence-electron chi connectivity index (χ0n) is 4.94. The van der Waals surface area contributed by atoms with Crippen LogP contribution in [0.4, 0.5) is 4.39 Å². The minimum atomic E-state index is -0.508. The molecule has 1 rings (SSSR count). The molecule has 2 N–H and O–H groups in total. The van der Waals surface area contributed by atoms with Crippen molar-refractivity contribution in [1.29, 1.82) is 0 Å². The summed E-state index contributed by atoms with van der Waals surface area (Å²) in [5.41, 5.74) is 5.26. The van der Waals surface area contributed by atoms with Crippen molar-refractivity contribution in [3.8, 4) is 0 Å². The first-order valence-corrected chi connectivity index (χ1v) is 3.17. The number of hydrogen-bond donors (Lipinski definition) is 1. The quantitative estimate of drug-likeness (QED) is 0.575. The van der Waals surface area contributed by atoms with E-state index in [0.717, 1.165) is 25.8 Å². The van der Waals surface area contributed by atoms with Crippen LogP contribution in [0.5, 0.6) is 0 Å². The Kier molecular flexibility index (Phi) is 1.84. The summed E-state index contributed by atoms with van der Waals surface area (Å²) in [5.74, 6) is 0.606. The monoisotopic (exact) mass is 117 g/mol. The minimum absolute atomic E-state index is 0.508. The van der Waals surface area contributed by atoms with Gasteiger partial charge in [0.15, 0.2) is 0 Å². The molecule has 0 heterocycles. The van der Waals surface area contributed by atoms with Crippen molar-refractivity contribution in [3.05, 3.63) is 0 Å². The molecule has 8 heavy (non-hydrogen) atoms. The van der Waals surface area contributed by atoms with E-state index in [2.05, 4.69) is 0 Å². The molecule has 0 amide bonds. The van der Waals surface area contributed by atoms with Gasteiger partial charge < -0.3 is 5.73 Å². The predicted molar refractivity (Wildman–Crippen MR) is 31.3 cm³/mol. The van der Waals surface area contributed by atoms with Crippen molar-refractivity contribution in [1.82, 2.24) is 0 Å². The third-order valence-electron chi connectivity index (χ3n) is 1.75. The Morgan fingerprint density at radius 3 is 2.50 bits per heavy atom. The molecule has 1 nitrogen and oxygen atoms in total. The topological polar surface area (TPSA) is 26.0 Å². The highest BCUT2D eigenvalue weighted by atomic mass is 19.1. The molecule has 1 aliphatic carbocycles. The Balaban J connectivity index is 1.98. The van der Waals surface area contributed by atoms with Crippen molar-refractivity contribution in [2.45, 2.75) is 25.4 Å². The molecular formula is C6H12FN. The van der Waals surface area contributed by atoms with Crippen LogP contribution in [-0.4, -0.2) is 12.7 Å². The Morgan fingerprint density at radius 1 is 1.50 bits per heavy atom. The standard InChI is InChI=1S/C6H12FN/c7-6-3-5(4-6)1-2-8/h5-6H,1-4,8H2. The average Bonchev–Trinajstić information content (AvgIpc) is 1.64. The van der Waals surface area contributed by atoms with E-state index in [1.54, 1.807) is 0 Å². The maximum absolute atomic E-state index is 12.0. The molecule has 0 aromatic rings. The number of nitrogens with two attached hydrogens (primary N) is 1. The molecule has 0 atom stereocenters. The molecule has 1 aliphatic rings. The molecule has 0 aliphatic heterocycles. The van der Waals surface area contributed by atoms with Gasteiger partial charge in [-0.2, -0.15) is 0 Å². The van der Waals surface area contributed by atoms with Crippen LogP contribution in [0.2, 0.25) is 0 Å². The molecule has 48 valence electrons. The summed E-state index contributed by atoms with van der Waals surface area (Å²) in [5, 5.41) is 0. The van der Waals surface area contributed by atoms with Crippen LogP contribution in [0.1, 0.15) is 19.3 Å². The van der Waals surface area contributed by atoms with Crippen molar-refractivity contribution >= 4 is 0 Å². The van der Waals surface area contributed by atoms with Gasteiger partial charge in [-0.1, -0.05) is 0 Å². The number of alkyl halides is 1. The van der Waals surface area contributed by atoms with Crippen LogP contribution < -0.4 is 5.73 Å². The molecule has 0 saturated heterocycles. The fourth-order valence-electron chi connectivity index (χ4n) is 1.13. The van der Waals surface area contributed by atoms with Gasteiger partial charge in [0, 0.05) is 0 Å². The van der Waals surface area contributed by atoms with E-state index in [0.29, 0.717) is 5.92 Å². The van der Waals surface area contributed by atoms with Crippen LogP contribution in [0.15, 0.2) is 0 Å². The summed E-state index contributed by atoms with van der Waals surface area (Å²) >= 11 is 0. The highest BCUT2D eigenvalue weighted by Gasteiger charge is 2.27.